The normalized spacial score (nSPS) is 10.9. The van der Waals surface area contributed by atoms with E-state index in [0.717, 1.165) is 0 Å². The zero-order valence-corrected chi connectivity index (χ0v) is 10.5. The number of halogens is 5. The molecule has 4 nitrogen and oxygen atoms in total. The largest absolute Gasteiger partial charge is 0.334 e. The van der Waals surface area contributed by atoms with Crippen molar-refractivity contribution in [3.05, 3.63) is 60.9 Å². The van der Waals surface area contributed by atoms with Crippen molar-refractivity contribution in [2.24, 2.45) is 0 Å². The van der Waals surface area contributed by atoms with Gasteiger partial charge in [0, 0.05) is 6.07 Å². The Morgan fingerprint density at radius 3 is 2.10 bits per heavy atom. The Hall–Kier alpha value is -2.09. The molecule has 20 heavy (non-hydrogen) atoms. The molecule has 0 saturated heterocycles. The van der Waals surface area contributed by atoms with E-state index in [1.165, 1.54) is 6.92 Å². The molecular formula is C11H5ClF4N2O2. The maximum Gasteiger partial charge on any atom is 0.334 e. The zero-order chi connectivity index (χ0) is 15.2. The van der Waals surface area contributed by atoms with Gasteiger partial charge in [0.15, 0.2) is 23.3 Å². The summed E-state index contributed by atoms with van der Waals surface area (Å²) in [5.74, 6) is -7.20. The Balaban J connectivity index is 3.01. The summed E-state index contributed by atoms with van der Waals surface area (Å²) in [6.45, 7) is 1.17. The molecule has 0 aliphatic carbocycles. The molecule has 106 valence electrons. The smallest absolute Gasteiger partial charge is 0.297 e. The van der Waals surface area contributed by atoms with Crippen molar-refractivity contribution in [2.75, 3.05) is 0 Å². The van der Waals surface area contributed by atoms with E-state index in [1.54, 1.807) is 0 Å². The molecule has 2 rings (SSSR count). The summed E-state index contributed by atoms with van der Waals surface area (Å²) in [6.07, 6.45) is 0. The second-order valence-corrected chi connectivity index (χ2v) is 4.20. The third-order valence-corrected chi connectivity index (χ3v) is 2.96. The van der Waals surface area contributed by atoms with Crippen LogP contribution in [0.15, 0.2) is 15.7 Å². The molecule has 2 aromatic rings. The predicted octanol–water partition coefficient (Wildman–Crippen LogP) is 2.04. The van der Waals surface area contributed by atoms with Gasteiger partial charge in [0.2, 0.25) is 0 Å². The van der Waals surface area contributed by atoms with Gasteiger partial charge in [0.25, 0.3) is 5.56 Å². The molecule has 0 radical (unpaired) electrons. The van der Waals surface area contributed by atoms with Gasteiger partial charge in [-0.15, -0.1) is 0 Å². The summed E-state index contributed by atoms with van der Waals surface area (Å²) in [4.78, 5) is 25.3. The van der Waals surface area contributed by atoms with Crippen LogP contribution in [0.25, 0.3) is 5.69 Å². The number of hydrogen-bond acceptors (Lipinski definition) is 2. The molecule has 0 amide bonds. The van der Waals surface area contributed by atoms with Crippen molar-refractivity contribution in [1.29, 1.82) is 0 Å². The summed E-state index contributed by atoms with van der Waals surface area (Å²) in [5.41, 5.74) is -4.20. The van der Waals surface area contributed by atoms with Crippen LogP contribution >= 0.6 is 11.6 Å². The second-order valence-electron chi connectivity index (χ2n) is 3.83. The van der Waals surface area contributed by atoms with Crippen LogP contribution in [0.5, 0.6) is 0 Å². The van der Waals surface area contributed by atoms with Crippen molar-refractivity contribution >= 4 is 11.6 Å². The van der Waals surface area contributed by atoms with Crippen LogP contribution in [0.1, 0.15) is 5.56 Å². The lowest BCUT2D eigenvalue weighted by Gasteiger charge is -2.09. The van der Waals surface area contributed by atoms with E-state index in [-0.39, 0.29) is 21.4 Å². The molecule has 1 heterocycles. The number of hydrogen-bond donors (Lipinski definition) is 1. The van der Waals surface area contributed by atoms with Crippen LogP contribution < -0.4 is 11.2 Å². The molecule has 0 bridgehead atoms. The first kappa shape index (κ1) is 14.3. The summed E-state index contributed by atoms with van der Waals surface area (Å²) in [7, 11) is 0. The topological polar surface area (TPSA) is 54.9 Å². The summed E-state index contributed by atoms with van der Waals surface area (Å²) < 4.78 is 53.4. The number of benzene rings is 1. The lowest BCUT2D eigenvalue weighted by atomic mass is 10.2. The lowest BCUT2D eigenvalue weighted by molar-refractivity contribution is 0.445. The van der Waals surface area contributed by atoms with Gasteiger partial charge in [-0.25, -0.2) is 26.9 Å². The van der Waals surface area contributed by atoms with Crippen LogP contribution in [-0.2, 0) is 0 Å². The van der Waals surface area contributed by atoms with Crippen LogP contribution in [0.2, 0.25) is 5.15 Å². The highest BCUT2D eigenvalue weighted by Crippen LogP contribution is 2.21. The summed E-state index contributed by atoms with van der Waals surface area (Å²) in [5, 5.41) is -0.339. The van der Waals surface area contributed by atoms with Gasteiger partial charge in [-0.2, -0.15) is 0 Å². The van der Waals surface area contributed by atoms with Crippen molar-refractivity contribution in [3.63, 3.8) is 0 Å². The minimum absolute atomic E-state index is 0.0316. The molecule has 1 aromatic heterocycles. The Kier molecular flexibility index (Phi) is 3.43. The highest BCUT2D eigenvalue weighted by Gasteiger charge is 2.24. The van der Waals surface area contributed by atoms with Crippen LogP contribution in [-0.4, -0.2) is 9.55 Å². The maximum absolute atomic E-state index is 13.6. The monoisotopic (exact) mass is 308 g/mol. The lowest BCUT2D eigenvalue weighted by Crippen LogP contribution is -2.36. The number of aromatic nitrogens is 2. The molecule has 9 heteroatoms. The molecule has 0 fully saturated rings. The third-order valence-electron chi connectivity index (χ3n) is 2.59. The van der Waals surface area contributed by atoms with Crippen molar-refractivity contribution in [1.82, 2.24) is 9.55 Å². The van der Waals surface area contributed by atoms with Gasteiger partial charge in [0.05, 0.1) is 5.56 Å². The Morgan fingerprint density at radius 2 is 1.60 bits per heavy atom. The number of aromatic amines is 1. The third kappa shape index (κ3) is 2.01. The molecule has 0 unspecified atom stereocenters. The standard InChI is InChI=1S/C11H5ClF4N2O2/c1-3-9(12)17-11(20)18(10(3)19)8-6(15)4(13)2-5(14)7(8)16/h2H,1H3,(H,17,20). The minimum atomic E-state index is -1.86. The van der Waals surface area contributed by atoms with E-state index >= 15 is 0 Å². The van der Waals surface area contributed by atoms with E-state index in [0.29, 0.717) is 0 Å². The number of nitrogens with zero attached hydrogens (tertiary/aromatic N) is 1. The van der Waals surface area contributed by atoms with Crippen LogP contribution in [0, 0.1) is 30.2 Å². The molecule has 0 saturated carbocycles. The van der Waals surface area contributed by atoms with Crippen molar-refractivity contribution < 1.29 is 17.6 Å². The molecule has 1 N–H and O–H groups in total. The fourth-order valence-electron chi connectivity index (χ4n) is 1.56. The highest BCUT2D eigenvalue weighted by atomic mass is 35.5. The molecule has 0 spiro atoms. The van der Waals surface area contributed by atoms with Gasteiger partial charge in [0.1, 0.15) is 10.8 Å². The minimum Gasteiger partial charge on any atom is -0.297 e. The second kappa shape index (κ2) is 4.78. The van der Waals surface area contributed by atoms with Crippen molar-refractivity contribution in [2.45, 2.75) is 6.92 Å². The average Bonchev–Trinajstić information content (AvgIpc) is 2.38. The van der Waals surface area contributed by atoms with Crippen LogP contribution in [0.4, 0.5) is 17.6 Å². The van der Waals surface area contributed by atoms with Gasteiger partial charge in [-0.1, -0.05) is 11.6 Å². The average molecular weight is 309 g/mol. The highest BCUT2D eigenvalue weighted by molar-refractivity contribution is 6.30. The van der Waals surface area contributed by atoms with E-state index in [4.69, 9.17) is 11.6 Å². The van der Waals surface area contributed by atoms with Gasteiger partial charge >= 0.3 is 5.69 Å². The van der Waals surface area contributed by atoms with Crippen molar-refractivity contribution in [3.8, 4) is 5.69 Å². The fraction of sp³-hybridized carbons (Fsp3) is 0.0909. The first-order chi connectivity index (χ1) is 9.25. The fourth-order valence-corrected chi connectivity index (χ4v) is 1.72. The predicted molar refractivity (Wildman–Crippen MR) is 62.2 cm³/mol. The Morgan fingerprint density at radius 1 is 1.10 bits per heavy atom. The Bertz CT molecular complexity index is 802. The molecule has 0 atom stereocenters. The zero-order valence-electron chi connectivity index (χ0n) is 9.73. The molecule has 1 aromatic carbocycles. The molecule has 0 aliphatic rings. The van der Waals surface area contributed by atoms with Gasteiger partial charge in [-0.3, -0.25) is 9.78 Å². The summed E-state index contributed by atoms with van der Waals surface area (Å²) in [6, 6.07) is -0.0316. The number of rotatable bonds is 1. The number of H-pyrrole nitrogens is 1. The van der Waals surface area contributed by atoms with Gasteiger partial charge < -0.3 is 0 Å². The van der Waals surface area contributed by atoms with E-state index in [1.807, 2.05) is 4.98 Å². The van der Waals surface area contributed by atoms with E-state index in [2.05, 4.69) is 0 Å². The van der Waals surface area contributed by atoms with Gasteiger partial charge in [-0.05, 0) is 6.92 Å². The quantitative estimate of drug-likeness (QED) is 0.498. The number of nitrogens with one attached hydrogen (secondary N) is 1. The van der Waals surface area contributed by atoms with Crippen LogP contribution in [0.3, 0.4) is 0 Å². The van der Waals surface area contributed by atoms with E-state index in [9.17, 15) is 27.2 Å². The Labute approximate surface area is 113 Å². The SMILES string of the molecule is Cc1c(Cl)[nH]c(=O)n(-c2c(F)c(F)cc(F)c2F)c1=O. The molecule has 0 aliphatic heterocycles. The first-order valence-corrected chi connectivity index (χ1v) is 5.48. The van der Waals surface area contributed by atoms with E-state index < -0.39 is 40.2 Å². The summed E-state index contributed by atoms with van der Waals surface area (Å²) >= 11 is 5.52. The molecular weight excluding hydrogens is 304 g/mol. The first-order valence-electron chi connectivity index (χ1n) is 5.10. The maximum atomic E-state index is 13.6.